The number of likely N-dealkylation sites (tertiary alicyclic amines) is 1. The van der Waals surface area contributed by atoms with Crippen LogP contribution in [-0.4, -0.2) is 34.8 Å². The van der Waals surface area contributed by atoms with Crippen LogP contribution in [0.3, 0.4) is 0 Å². The Hall–Kier alpha value is -3.80. The second kappa shape index (κ2) is 9.14. The molecule has 1 aliphatic heterocycles. The first-order valence-corrected chi connectivity index (χ1v) is 10.6. The Kier molecular flexibility index (Phi) is 6.12. The number of aliphatic hydroxyl groups is 1. The van der Waals surface area contributed by atoms with Gasteiger partial charge in [-0.25, -0.2) is 0 Å². The average molecular weight is 431 g/mol. The van der Waals surface area contributed by atoms with E-state index in [-0.39, 0.29) is 11.3 Å². The smallest absolute Gasteiger partial charge is 0.295 e. The van der Waals surface area contributed by atoms with Gasteiger partial charge in [0, 0.05) is 12.1 Å². The molecule has 1 N–H and O–H groups in total. The van der Waals surface area contributed by atoms with E-state index in [9.17, 15) is 14.7 Å². The predicted molar refractivity (Wildman–Crippen MR) is 120 cm³/mol. The molecule has 2 heterocycles. The van der Waals surface area contributed by atoms with Crippen LogP contribution >= 0.6 is 0 Å². The number of aliphatic hydroxyl groups excluding tert-OH is 1. The molecule has 1 unspecified atom stereocenters. The number of Topliss-reactive ketones (excluding diaryl/α,β-unsaturated/α-hetero) is 1. The van der Waals surface area contributed by atoms with Gasteiger partial charge >= 0.3 is 0 Å². The molecule has 1 aliphatic rings. The molecule has 0 bridgehead atoms. The van der Waals surface area contributed by atoms with Gasteiger partial charge in [-0.15, -0.1) is 0 Å². The first-order chi connectivity index (χ1) is 15.5. The minimum absolute atomic E-state index is 0.0292. The summed E-state index contributed by atoms with van der Waals surface area (Å²) in [6, 6.07) is 19.3. The van der Waals surface area contributed by atoms with Crippen molar-refractivity contribution < 1.29 is 23.8 Å². The molecule has 32 heavy (non-hydrogen) atoms. The van der Waals surface area contributed by atoms with Gasteiger partial charge in [0.05, 0.1) is 12.2 Å². The van der Waals surface area contributed by atoms with Gasteiger partial charge in [0.2, 0.25) is 0 Å². The zero-order valence-electron chi connectivity index (χ0n) is 18.1. The number of hydrogen-bond donors (Lipinski definition) is 1. The van der Waals surface area contributed by atoms with Gasteiger partial charge in [-0.2, -0.15) is 0 Å². The Balaban J connectivity index is 1.73. The number of nitrogens with zero attached hydrogens (tertiary/aromatic N) is 1. The maximum absolute atomic E-state index is 13.0. The fourth-order valence-corrected chi connectivity index (χ4v) is 3.93. The summed E-state index contributed by atoms with van der Waals surface area (Å²) in [6.07, 6.45) is 0.577. The first-order valence-electron chi connectivity index (χ1n) is 10.6. The van der Waals surface area contributed by atoms with Crippen LogP contribution in [0.1, 0.15) is 35.6 Å². The van der Waals surface area contributed by atoms with E-state index in [0.29, 0.717) is 42.4 Å². The quantitative estimate of drug-likeness (QED) is 0.335. The van der Waals surface area contributed by atoms with Crippen molar-refractivity contribution in [3.63, 3.8) is 0 Å². The summed E-state index contributed by atoms with van der Waals surface area (Å²) >= 11 is 0. The molecule has 1 fully saturated rings. The summed E-state index contributed by atoms with van der Waals surface area (Å²) in [7, 11) is 0. The number of benzene rings is 2. The van der Waals surface area contributed by atoms with Gasteiger partial charge < -0.3 is 19.2 Å². The molecule has 2 aromatic carbocycles. The van der Waals surface area contributed by atoms with E-state index in [4.69, 9.17) is 9.15 Å². The lowest BCUT2D eigenvalue weighted by Gasteiger charge is -2.23. The van der Waals surface area contributed by atoms with Gasteiger partial charge in [0.15, 0.2) is 0 Å². The topological polar surface area (TPSA) is 80.0 Å². The molecule has 1 saturated heterocycles. The van der Waals surface area contributed by atoms with E-state index in [1.54, 1.807) is 43.3 Å². The van der Waals surface area contributed by atoms with E-state index in [0.717, 1.165) is 5.56 Å². The van der Waals surface area contributed by atoms with Gasteiger partial charge in [-0.05, 0) is 62.2 Å². The van der Waals surface area contributed by atoms with Crippen molar-refractivity contribution >= 4 is 17.4 Å². The molecule has 164 valence electrons. The monoisotopic (exact) mass is 431 g/mol. The molecule has 1 aromatic heterocycles. The molecule has 0 aliphatic carbocycles. The van der Waals surface area contributed by atoms with Crippen LogP contribution in [0.2, 0.25) is 0 Å². The maximum atomic E-state index is 13.0. The average Bonchev–Trinajstić information content (AvgIpc) is 3.34. The fraction of sp³-hybridized carbons (Fsp3) is 0.231. The molecular formula is C26H25NO5. The third-order valence-electron chi connectivity index (χ3n) is 5.49. The van der Waals surface area contributed by atoms with Crippen molar-refractivity contribution in [1.82, 2.24) is 4.90 Å². The molecular weight excluding hydrogens is 406 g/mol. The predicted octanol–water partition coefficient (Wildman–Crippen LogP) is 4.65. The summed E-state index contributed by atoms with van der Waals surface area (Å²) in [6.45, 7) is 4.52. The Morgan fingerprint density at radius 2 is 1.75 bits per heavy atom. The van der Waals surface area contributed by atoms with Crippen LogP contribution in [0.15, 0.2) is 76.7 Å². The van der Waals surface area contributed by atoms with E-state index in [1.165, 1.54) is 4.90 Å². The molecule has 0 spiro atoms. The third kappa shape index (κ3) is 4.17. The van der Waals surface area contributed by atoms with Crippen molar-refractivity contribution in [3.8, 4) is 5.75 Å². The van der Waals surface area contributed by atoms with E-state index < -0.39 is 17.7 Å². The largest absolute Gasteiger partial charge is 0.507 e. The third-order valence-corrected chi connectivity index (χ3v) is 5.49. The standard InChI is InChI=1S/C26H25NO5/c1-3-31-20-12-10-19(11-13-20)24(28)22-23(21-14-9-17(2)32-21)27(26(30)25(22)29)16-15-18-7-5-4-6-8-18/h4-14,23,28H,3,15-16H2,1-2H3/b24-22-. The number of amides is 1. The Morgan fingerprint density at radius 1 is 1.03 bits per heavy atom. The summed E-state index contributed by atoms with van der Waals surface area (Å²) in [5.74, 6) is 0.172. The molecule has 4 rings (SSSR count). The highest BCUT2D eigenvalue weighted by atomic mass is 16.5. The number of ether oxygens (including phenoxy) is 1. The van der Waals surface area contributed by atoms with Gasteiger partial charge in [-0.1, -0.05) is 30.3 Å². The Bertz CT molecular complexity index is 1140. The summed E-state index contributed by atoms with van der Waals surface area (Å²) in [4.78, 5) is 27.5. The normalized spacial score (nSPS) is 17.7. The lowest BCUT2D eigenvalue weighted by Crippen LogP contribution is -2.31. The number of hydrogen-bond acceptors (Lipinski definition) is 5. The molecule has 6 heteroatoms. The van der Waals surface area contributed by atoms with Crippen LogP contribution in [0.25, 0.3) is 5.76 Å². The fourth-order valence-electron chi connectivity index (χ4n) is 3.93. The van der Waals surface area contributed by atoms with Crippen LogP contribution in [0.5, 0.6) is 5.75 Å². The lowest BCUT2D eigenvalue weighted by atomic mass is 9.99. The zero-order valence-corrected chi connectivity index (χ0v) is 18.1. The Labute approximate surface area is 186 Å². The van der Waals surface area contributed by atoms with E-state index in [2.05, 4.69) is 0 Å². The van der Waals surface area contributed by atoms with Crippen LogP contribution in [0, 0.1) is 6.92 Å². The number of rotatable bonds is 7. The zero-order chi connectivity index (χ0) is 22.7. The summed E-state index contributed by atoms with van der Waals surface area (Å²) < 4.78 is 11.2. The van der Waals surface area contributed by atoms with Crippen molar-refractivity contribution in [2.24, 2.45) is 0 Å². The molecule has 6 nitrogen and oxygen atoms in total. The maximum Gasteiger partial charge on any atom is 0.295 e. The van der Waals surface area contributed by atoms with E-state index in [1.807, 2.05) is 37.3 Å². The van der Waals surface area contributed by atoms with Gasteiger partial charge in [0.25, 0.3) is 11.7 Å². The molecule has 0 saturated carbocycles. The first kappa shape index (κ1) is 21.4. The lowest BCUT2D eigenvalue weighted by molar-refractivity contribution is -0.140. The number of furan rings is 1. The van der Waals surface area contributed by atoms with Crippen molar-refractivity contribution in [1.29, 1.82) is 0 Å². The molecule has 1 atom stereocenters. The Morgan fingerprint density at radius 3 is 2.38 bits per heavy atom. The minimum Gasteiger partial charge on any atom is -0.507 e. The number of aryl methyl sites for hydroxylation is 1. The van der Waals surface area contributed by atoms with Crippen LogP contribution in [-0.2, 0) is 16.0 Å². The highest BCUT2D eigenvalue weighted by Crippen LogP contribution is 2.40. The van der Waals surface area contributed by atoms with Crippen molar-refractivity contribution in [3.05, 3.63) is 95.0 Å². The highest BCUT2D eigenvalue weighted by Gasteiger charge is 2.47. The van der Waals surface area contributed by atoms with Crippen molar-refractivity contribution in [2.45, 2.75) is 26.3 Å². The summed E-state index contributed by atoms with van der Waals surface area (Å²) in [5.41, 5.74) is 1.51. The number of carbonyl (C=O) groups is 2. The molecule has 3 aromatic rings. The van der Waals surface area contributed by atoms with Crippen LogP contribution in [0.4, 0.5) is 0 Å². The van der Waals surface area contributed by atoms with Gasteiger partial charge in [0.1, 0.15) is 29.1 Å². The molecule has 0 radical (unpaired) electrons. The number of ketones is 1. The minimum atomic E-state index is -0.793. The number of carbonyl (C=O) groups excluding carboxylic acids is 2. The van der Waals surface area contributed by atoms with Crippen molar-refractivity contribution in [2.75, 3.05) is 13.2 Å². The second-order valence-electron chi connectivity index (χ2n) is 7.63. The highest BCUT2D eigenvalue weighted by molar-refractivity contribution is 6.46. The summed E-state index contributed by atoms with van der Waals surface area (Å²) in [5, 5.41) is 11.1. The van der Waals surface area contributed by atoms with E-state index >= 15 is 0 Å². The van der Waals surface area contributed by atoms with Crippen LogP contribution < -0.4 is 4.74 Å². The SMILES string of the molecule is CCOc1ccc(/C(O)=C2/C(=O)C(=O)N(CCc3ccccc3)C2c2ccc(C)o2)cc1. The molecule has 1 amide bonds. The van der Waals surface area contributed by atoms with Gasteiger partial charge in [-0.3, -0.25) is 9.59 Å². The second-order valence-corrected chi connectivity index (χ2v) is 7.63.